The van der Waals surface area contributed by atoms with Gasteiger partial charge in [-0.15, -0.1) is 0 Å². The predicted octanol–water partition coefficient (Wildman–Crippen LogP) is 2.46. The number of rotatable bonds is 2. The summed E-state index contributed by atoms with van der Waals surface area (Å²) in [4.78, 5) is 14.5. The fraction of sp³-hybridized carbons (Fsp3) is 0.588. The molecule has 3 nitrogen and oxygen atoms in total. The van der Waals surface area contributed by atoms with Crippen molar-refractivity contribution in [2.75, 3.05) is 26.2 Å². The van der Waals surface area contributed by atoms with Gasteiger partial charge in [0.2, 0.25) is 0 Å². The van der Waals surface area contributed by atoms with Crippen LogP contribution in [0.25, 0.3) is 0 Å². The number of hydrogen-bond donors (Lipinski definition) is 1. The Morgan fingerprint density at radius 2 is 1.90 bits per heavy atom. The average molecular weight is 272 g/mol. The topological polar surface area (TPSA) is 32.3 Å². The van der Waals surface area contributed by atoms with E-state index in [9.17, 15) is 4.79 Å². The summed E-state index contributed by atoms with van der Waals surface area (Å²) in [6, 6.07) is 8.09. The van der Waals surface area contributed by atoms with Crippen LogP contribution in [0.2, 0.25) is 0 Å². The van der Waals surface area contributed by atoms with E-state index in [1.54, 1.807) is 0 Å². The van der Waals surface area contributed by atoms with Crippen LogP contribution in [0.3, 0.4) is 0 Å². The summed E-state index contributed by atoms with van der Waals surface area (Å²) in [6.45, 7) is 6.25. The number of benzene rings is 1. The number of nitrogens with one attached hydrogen (secondary N) is 1. The van der Waals surface area contributed by atoms with Crippen LogP contribution in [0.15, 0.2) is 24.3 Å². The van der Waals surface area contributed by atoms with Crippen LogP contribution in [0.1, 0.15) is 42.1 Å². The Bertz CT molecular complexity index is 464. The van der Waals surface area contributed by atoms with Gasteiger partial charge in [-0.2, -0.15) is 0 Å². The number of likely N-dealkylation sites (tertiary alicyclic amines) is 1. The molecule has 2 saturated heterocycles. The SMILES string of the molecule is CCc1ccc(C(=O)N2CCC3(CCNC3)CC2)cc1. The van der Waals surface area contributed by atoms with Gasteiger partial charge >= 0.3 is 0 Å². The summed E-state index contributed by atoms with van der Waals surface area (Å²) in [5.41, 5.74) is 2.60. The molecule has 2 heterocycles. The van der Waals surface area contributed by atoms with E-state index in [1.165, 1.54) is 12.0 Å². The standard InChI is InChI=1S/C17H24N2O/c1-2-14-3-5-15(6-4-14)16(20)19-11-8-17(9-12-19)7-10-18-13-17/h3-6,18H,2,7-13H2,1H3. The Kier molecular flexibility index (Phi) is 3.79. The van der Waals surface area contributed by atoms with Crippen molar-refractivity contribution in [3.8, 4) is 0 Å². The van der Waals surface area contributed by atoms with Crippen molar-refractivity contribution in [3.05, 3.63) is 35.4 Å². The smallest absolute Gasteiger partial charge is 0.253 e. The van der Waals surface area contributed by atoms with Crippen molar-refractivity contribution >= 4 is 5.91 Å². The molecule has 0 saturated carbocycles. The molecule has 3 rings (SSSR count). The van der Waals surface area contributed by atoms with Gasteiger partial charge in [0, 0.05) is 25.2 Å². The molecule has 1 spiro atoms. The van der Waals surface area contributed by atoms with Gasteiger partial charge in [-0.25, -0.2) is 0 Å². The highest BCUT2D eigenvalue weighted by atomic mass is 16.2. The number of piperidine rings is 1. The van der Waals surface area contributed by atoms with Crippen LogP contribution in [-0.4, -0.2) is 37.0 Å². The maximum Gasteiger partial charge on any atom is 0.253 e. The zero-order valence-electron chi connectivity index (χ0n) is 12.3. The van der Waals surface area contributed by atoms with E-state index in [0.29, 0.717) is 5.41 Å². The minimum atomic E-state index is 0.202. The summed E-state index contributed by atoms with van der Waals surface area (Å²) >= 11 is 0. The van der Waals surface area contributed by atoms with Gasteiger partial charge in [0.1, 0.15) is 0 Å². The van der Waals surface area contributed by atoms with E-state index >= 15 is 0 Å². The van der Waals surface area contributed by atoms with E-state index < -0.39 is 0 Å². The third kappa shape index (κ3) is 2.59. The van der Waals surface area contributed by atoms with E-state index in [2.05, 4.69) is 24.4 Å². The van der Waals surface area contributed by atoms with Gasteiger partial charge in [-0.3, -0.25) is 4.79 Å². The Balaban J connectivity index is 1.63. The molecule has 0 aromatic heterocycles. The molecule has 1 amide bonds. The normalized spacial score (nSPS) is 21.4. The Morgan fingerprint density at radius 3 is 2.45 bits per heavy atom. The van der Waals surface area contributed by atoms with Gasteiger partial charge in [0.15, 0.2) is 0 Å². The molecule has 2 aliphatic rings. The summed E-state index contributed by atoms with van der Waals surface area (Å²) in [7, 11) is 0. The van der Waals surface area contributed by atoms with E-state index in [4.69, 9.17) is 0 Å². The second-order valence-electron chi connectivity index (χ2n) is 6.27. The molecule has 108 valence electrons. The Hall–Kier alpha value is -1.35. The molecule has 1 aromatic carbocycles. The molecule has 0 bridgehead atoms. The molecule has 0 aliphatic carbocycles. The van der Waals surface area contributed by atoms with Crippen LogP contribution in [0.4, 0.5) is 0 Å². The molecule has 1 N–H and O–H groups in total. The van der Waals surface area contributed by atoms with Crippen LogP contribution >= 0.6 is 0 Å². The zero-order chi connectivity index (χ0) is 14.0. The molecule has 2 aliphatic heterocycles. The fourth-order valence-corrected chi connectivity index (χ4v) is 3.47. The summed E-state index contributed by atoms with van der Waals surface area (Å²) in [5.74, 6) is 0.202. The lowest BCUT2D eigenvalue weighted by molar-refractivity contribution is 0.0607. The van der Waals surface area contributed by atoms with Crippen molar-refractivity contribution in [3.63, 3.8) is 0 Å². The molecule has 2 fully saturated rings. The van der Waals surface area contributed by atoms with E-state index in [0.717, 1.165) is 51.0 Å². The first-order valence-corrected chi connectivity index (χ1v) is 7.81. The quantitative estimate of drug-likeness (QED) is 0.897. The molecule has 0 unspecified atom stereocenters. The molecule has 0 atom stereocenters. The highest BCUT2D eigenvalue weighted by Gasteiger charge is 2.38. The maximum absolute atomic E-state index is 12.5. The molecular weight excluding hydrogens is 248 g/mol. The zero-order valence-corrected chi connectivity index (χ0v) is 12.3. The van der Waals surface area contributed by atoms with Gasteiger partial charge in [0.25, 0.3) is 5.91 Å². The molecule has 3 heteroatoms. The van der Waals surface area contributed by atoms with E-state index in [1.807, 2.05) is 17.0 Å². The second kappa shape index (κ2) is 5.57. The van der Waals surface area contributed by atoms with Crippen LogP contribution in [0, 0.1) is 5.41 Å². The number of nitrogens with zero attached hydrogens (tertiary/aromatic N) is 1. The van der Waals surface area contributed by atoms with Crippen molar-refractivity contribution in [1.29, 1.82) is 0 Å². The van der Waals surface area contributed by atoms with Crippen LogP contribution in [0.5, 0.6) is 0 Å². The van der Waals surface area contributed by atoms with Crippen LogP contribution in [-0.2, 0) is 6.42 Å². The number of amides is 1. The highest BCUT2D eigenvalue weighted by Crippen LogP contribution is 2.37. The highest BCUT2D eigenvalue weighted by molar-refractivity contribution is 5.94. The first kappa shape index (κ1) is 13.6. The minimum Gasteiger partial charge on any atom is -0.339 e. The van der Waals surface area contributed by atoms with Gasteiger partial charge < -0.3 is 10.2 Å². The summed E-state index contributed by atoms with van der Waals surface area (Å²) in [5, 5.41) is 3.47. The largest absolute Gasteiger partial charge is 0.339 e. The molecule has 0 radical (unpaired) electrons. The number of aryl methyl sites for hydroxylation is 1. The van der Waals surface area contributed by atoms with E-state index in [-0.39, 0.29) is 5.91 Å². The van der Waals surface area contributed by atoms with Gasteiger partial charge in [-0.05, 0) is 55.3 Å². The van der Waals surface area contributed by atoms with Crippen molar-refractivity contribution in [1.82, 2.24) is 10.2 Å². The summed E-state index contributed by atoms with van der Waals surface area (Å²) < 4.78 is 0. The lowest BCUT2D eigenvalue weighted by Crippen LogP contribution is -2.44. The molecular formula is C17H24N2O. The van der Waals surface area contributed by atoms with Crippen molar-refractivity contribution in [2.45, 2.75) is 32.6 Å². The first-order valence-electron chi connectivity index (χ1n) is 7.81. The average Bonchev–Trinajstić information content (AvgIpc) is 2.96. The molecule has 20 heavy (non-hydrogen) atoms. The lowest BCUT2D eigenvalue weighted by atomic mass is 9.78. The Labute approximate surface area is 121 Å². The Morgan fingerprint density at radius 1 is 1.20 bits per heavy atom. The third-order valence-corrected chi connectivity index (χ3v) is 5.05. The van der Waals surface area contributed by atoms with Crippen molar-refractivity contribution in [2.24, 2.45) is 5.41 Å². The number of carbonyl (C=O) groups is 1. The van der Waals surface area contributed by atoms with Crippen LogP contribution < -0.4 is 5.32 Å². The third-order valence-electron chi connectivity index (χ3n) is 5.05. The number of carbonyl (C=O) groups excluding carboxylic acids is 1. The van der Waals surface area contributed by atoms with Gasteiger partial charge in [-0.1, -0.05) is 19.1 Å². The second-order valence-corrected chi connectivity index (χ2v) is 6.27. The lowest BCUT2D eigenvalue weighted by Gasteiger charge is -2.38. The maximum atomic E-state index is 12.5. The predicted molar refractivity (Wildman–Crippen MR) is 80.9 cm³/mol. The summed E-state index contributed by atoms with van der Waals surface area (Å²) in [6.07, 6.45) is 4.60. The molecule has 1 aromatic rings. The first-order chi connectivity index (χ1) is 9.72. The fourth-order valence-electron chi connectivity index (χ4n) is 3.47. The van der Waals surface area contributed by atoms with Crippen molar-refractivity contribution < 1.29 is 4.79 Å². The van der Waals surface area contributed by atoms with Gasteiger partial charge in [0.05, 0.1) is 0 Å². The minimum absolute atomic E-state index is 0.202. The monoisotopic (exact) mass is 272 g/mol. The number of hydrogen-bond acceptors (Lipinski definition) is 2.